The molecule has 3 rings (SSSR count). The Kier molecular flexibility index (Phi) is 4.69. The van der Waals surface area contributed by atoms with Gasteiger partial charge >= 0.3 is 0 Å². The van der Waals surface area contributed by atoms with Gasteiger partial charge in [0, 0.05) is 12.5 Å². The highest BCUT2D eigenvalue weighted by molar-refractivity contribution is 7.18. The van der Waals surface area contributed by atoms with Crippen LogP contribution in [-0.4, -0.2) is 18.1 Å². The van der Waals surface area contributed by atoms with Crippen molar-refractivity contribution < 1.29 is 0 Å². The molecular weight excluding hydrogens is 264 g/mol. The molecule has 2 nitrogen and oxygen atoms in total. The van der Waals surface area contributed by atoms with E-state index in [1.165, 1.54) is 48.2 Å². The number of aromatic nitrogens is 1. The van der Waals surface area contributed by atoms with E-state index in [2.05, 4.69) is 36.6 Å². The van der Waals surface area contributed by atoms with E-state index in [-0.39, 0.29) is 0 Å². The smallest absolute Gasteiger partial charge is 0.0954 e. The summed E-state index contributed by atoms with van der Waals surface area (Å²) in [5.41, 5.74) is 1.15. The second kappa shape index (κ2) is 6.68. The van der Waals surface area contributed by atoms with Crippen molar-refractivity contribution in [2.75, 3.05) is 7.05 Å². The molecule has 1 saturated carbocycles. The topological polar surface area (TPSA) is 24.9 Å². The third kappa shape index (κ3) is 3.39. The average molecular weight is 288 g/mol. The van der Waals surface area contributed by atoms with E-state index in [9.17, 15) is 0 Å². The van der Waals surface area contributed by atoms with Gasteiger partial charge in [0.1, 0.15) is 0 Å². The van der Waals surface area contributed by atoms with E-state index in [1.807, 2.05) is 11.3 Å². The predicted molar refractivity (Wildman–Crippen MR) is 87.4 cm³/mol. The summed E-state index contributed by atoms with van der Waals surface area (Å²) in [4.78, 5) is 4.77. The molecule has 1 N–H and O–H groups in total. The zero-order chi connectivity index (χ0) is 13.8. The molecule has 2 aromatic rings. The maximum Gasteiger partial charge on any atom is 0.0954 e. The highest BCUT2D eigenvalue weighted by atomic mass is 32.1. The average Bonchev–Trinajstić information content (AvgIpc) is 2.90. The summed E-state index contributed by atoms with van der Waals surface area (Å²) in [5.74, 6) is 0.926. The van der Waals surface area contributed by atoms with Crippen LogP contribution < -0.4 is 5.32 Å². The van der Waals surface area contributed by atoms with E-state index in [4.69, 9.17) is 4.98 Å². The number of hydrogen-bond donors (Lipinski definition) is 1. The number of benzene rings is 1. The van der Waals surface area contributed by atoms with Crippen molar-refractivity contribution in [3.8, 4) is 0 Å². The minimum atomic E-state index is 0.582. The quantitative estimate of drug-likeness (QED) is 0.882. The van der Waals surface area contributed by atoms with Crippen LogP contribution in [0.15, 0.2) is 24.3 Å². The lowest BCUT2D eigenvalue weighted by Gasteiger charge is -2.25. The molecule has 0 aliphatic heterocycles. The molecule has 1 heterocycles. The van der Waals surface area contributed by atoms with E-state index < -0.39 is 0 Å². The zero-order valence-electron chi connectivity index (χ0n) is 12.3. The molecule has 3 heteroatoms. The molecule has 1 unspecified atom stereocenters. The van der Waals surface area contributed by atoms with Gasteiger partial charge in [-0.25, -0.2) is 4.98 Å². The van der Waals surface area contributed by atoms with Gasteiger partial charge in [0.05, 0.1) is 15.2 Å². The van der Waals surface area contributed by atoms with Crippen LogP contribution in [0.5, 0.6) is 0 Å². The Hall–Kier alpha value is -0.930. The molecule has 1 fully saturated rings. The third-order valence-electron chi connectivity index (χ3n) is 4.51. The first-order valence-electron chi connectivity index (χ1n) is 7.87. The standard InChI is InChI=1S/C17H24N2S/c1-18-14(11-13-7-3-2-4-8-13)12-17-19-15-9-5-6-10-16(15)20-17/h5-6,9-10,13-14,18H,2-4,7-8,11-12H2,1H3. The molecule has 1 atom stereocenters. The van der Waals surface area contributed by atoms with Gasteiger partial charge in [-0.2, -0.15) is 0 Å². The van der Waals surface area contributed by atoms with Crippen LogP contribution in [0.4, 0.5) is 0 Å². The normalized spacial score (nSPS) is 18.4. The SMILES string of the molecule is CNC(Cc1nc2ccccc2s1)CC1CCCCC1. The lowest BCUT2D eigenvalue weighted by molar-refractivity contribution is 0.302. The van der Waals surface area contributed by atoms with Crippen LogP contribution in [0.2, 0.25) is 0 Å². The highest BCUT2D eigenvalue weighted by Gasteiger charge is 2.19. The van der Waals surface area contributed by atoms with Crippen molar-refractivity contribution in [3.05, 3.63) is 29.3 Å². The molecule has 0 amide bonds. The van der Waals surface area contributed by atoms with Crippen molar-refractivity contribution in [1.29, 1.82) is 0 Å². The van der Waals surface area contributed by atoms with E-state index in [0.717, 1.165) is 17.9 Å². The summed E-state index contributed by atoms with van der Waals surface area (Å²) in [6.45, 7) is 0. The molecule has 0 saturated heterocycles. The van der Waals surface area contributed by atoms with Gasteiger partial charge < -0.3 is 5.32 Å². The fraction of sp³-hybridized carbons (Fsp3) is 0.588. The Morgan fingerprint density at radius 1 is 1.25 bits per heavy atom. The maximum atomic E-state index is 4.77. The first-order valence-corrected chi connectivity index (χ1v) is 8.68. The van der Waals surface area contributed by atoms with E-state index >= 15 is 0 Å². The summed E-state index contributed by atoms with van der Waals surface area (Å²) in [6.07, 6.45) is 9.55. The van der Waals surface area contributed by atoms with Gasteiger partial charge in [-0.15, -0.1) is 11.3 Å². The molecule has 1 aromatic heterocycles. The van der Waals surface area contributed by atoms with Crippen LogP contribution in [0.3, 0.4) is 0 Å². The number of nitrogens with one attached hydrogen (secondary N) is 1. The van der Waals surface area contributed by atoms with Gasteiger partial charge in [-0.3, -0.25) is 0 Å². The van der Waals surface area contributed by atoms with Gasteiger partial charge in [0.25, 0.3) is 0 Å². The van der Waals surface area contributed by atoms with Crippen LogP contribution in [0.1, 0.15) is 43.5 Å². The van der Waals surface area contributed by atoms with E-state index in [1.54, 1.807) is 0 Å². The van der Waals surface area contributed by atoms with Crippen molar-refractivity contribution in [3.63, 3.8) is 0 Å². The molecule has 0 spiro atoms. The molecule has 108 valence electrons. The molecular formula is C17H24N2S. The Balaban J connectivity index is 1.64. The fourth-order valence-corrected chi connectivity index (χ4v) is 4.39. The van der Waals surface area contributed by atoms with E-state index in [0.29, 0.717) is 6.04 Å². The monoisotopic (exact) mass is 288 g/mol. The third-order valence-corrected chi connectivity index (χ3v) is 5.57. The summed E-state index contributed by atoms with van der Waals surface area (Å²) in [5, 5.41) is 4.79. The molecule has 20 heavy (non-hydrogen) atoms. The minimum Gasteiger partial charge on any atom is -0.317 e. The van der Waals surface area contributed by atoms with Crippen LogP contribution in [0, 0.1) is 5.92 Å². The molecule has 1 aliphatic rings. The number of rotatable bonds is 5. The number of nitrogens with zero attached hydrogens (tertiary/aromatic N) is 1. The Bertz CT molecular complexity index is 510. The molecule has 0 bridgehead atoms. The summed E-state index contributed by atoms with van der Waals surface area (Å²) in [7, 11) is 2.10. The van der Waals surface area contributed by atoms with Gasteiger partial charge in [-0.1, -0.05) is 44.2 Å². The lowest BCUT2D eigenvalue weighted by atomic mass is 9.84. The van der Waals surface area contributed by atoms with Crippen LogP contribution >= 0.6 is 11.3 Å². The number of thiazole rings is 1. The summed E-state index contributed by atoms with van der Waals surface area (Å²) < 4.78 is 1.31. The number of para-hydroxylation sites is 1. The molecule has 1 aromatic carbocycles. The maximum absolute atomic E-state index is 4.77. The highest BCUT2D eigenvalue weighted by Crippen LogP contribution is 2.29. The van der Waals surface area contributed by atoms with Crippen molar-refractivity contribution in [2.24, 2.45) is 5.92 Å². The Morgan fingerprint density at radius 2 is 2.05 bits per heavy atom. The minimum absolute atomic E-state index is 0.582. The van der Waals surface area contributed by atoms with Crippen LogP contribution in [0.25, 0.3) is 10.2 Å². The molecule has 0 radical (unpaired) electrons. The van der Waals surface area contributed by atoms with Crippen molar-refractivity contribution >= 4 is 21.6 Å². The van der Waals surface area contributed by atoms with Crippen molar-refractivity contribution in [1.82, 2.24) is 10.3 Å². The Morgan fingerprint density at radius 3 is 2.80 bits per heavy atom. The van der Waals surface area contributed by atoms with Crippen LogP contribution in [-0.2, 0) is 6.42 Å². The van der Waals surface area contributed by atoms with Crippen molar-refractivity contribution in [2.45, 2.75) is 51.0 Å². The van der Waals surface area contributed by atoms with Gasteiger partial charge in [0.15, 0.2) is 0 Å². The second-order valence-electron chi connectivity index (χ2n) is 6.00. The van der Waals surface area contributed by atoms with Gasteiger partial charge in [0.2, 0.25) is 0 Å². The first kappa shape index (κ1) is 14.0. The zero-order valence-corrected chi connectivity index (χ0v) is 13.1. The fourth-order valence-electron chi connectivity index (χ4n) is 3.35. The lowest BCUT2D eigenvalue weighted by Crippen LogP contribution is -2.30. The predicted octanol–water partition coefficient (Wildman–Crippen LogP) is 4.40. The largest absolute Gasteiger partial charge is 0.317 e. The first-order chi connectivity index (χ1) is 9.85. The van der Waals surface area contributed by atoms with Gasteiger partial charge in [-0.05, 0) is 31.5 Å². The second-order valence-corrected chi connectivity index (χ2v) is 7.12. The summed E-state index contributed by atoms with van der Waals surface area (Å²) in [6, 6.07) is 9.04. The summed E-state index contributed by atoms with van der Waals surface area (Å²) >= 11 is 1.85. The number of likely N-dealkylation sites (N-methyl/N-ethyl adjacent to an activating group) is 1. The number of hydrogen-bond acceptors (Lipinski definition) is 3. The molecule has 1 aliphatic carbocycles. The number of fused-ring (bicyclic) bond motifs is 1. The Labute approximate surface area is 125 Å².